The van der Waals surface area contributed by atoms with Gasteiger partial charge in [-0.25, -0.2) is 9.78 Å². The molecule has 3 nitrogen and oxygen atoms in total. The molecule has 0 N–H and O–H groups in total. The van der Waals surface area contributed by atoms with Crippen molar-refractivity contribution in [2.75, 3.05) is 0 Å². The van der Waals surface area contributed by atoms with Gasteiger partial charge in [-0.15, -0.1) is 11.3 Å². The molecule has 0 unspecified atom stereocenters. The summed E-state index contributed by atoms with van der Waals surface area (Å²) in [4.78, 5) is 14.2. The van der Waals surface area contributed by atoms with Crippen LogP contribution in [0.2, 0.25) is 0 Å². The maximum absolute atomic E-state index is 10.5. The molecule has 4 heteroatoms. The zero-order valence-electron chi connectivity index (χ0n) is 4.53. The summed E-state index contributed by atoms with van der Waals surface area (Å²) in [5.74, 6) is -0.490. The fraction of sp³-hybridized carbons (Fsp3) is 0. The molecule has 1 heterocycles. The molecular weight excluding hydrogens is 138 g/mol. The highest BCUT2D eigenvalue weighted by atomic mass is 32.1. The largest absolute Gasteiger partial charge is 0.457 e. The van der Waals surface area contributed by atoms with Crippen LogP contribution in [-0.2, 0) is 4.74 Å². The molecular formula is C5H4NO2S. The number of ether oxygens (including phenoxy) is 1. The molecule has 0 atom stereocenters. The van der Waals surface area contributed by atoms with E-state index in [-0.39, 0.29) is 0 Å². The van der Waals surface area contributed by atoms with Crippen LogP contribution in [0.5, 0.6) is 0 Å². The molecule has 47 valence electrons. The third-order valence-corrected chi connectivity index (χ3v) is 1.36. The quantitative estimate of drug-likeness (QED) is 0.551. The maximum atomic E-state index is 10.5. The zero-order chi connectivity index (χ0) is 6.69. The summed E-state index contributed by atoms with van der Waals surface area (Å²) >= 11 is 1.34. The Morgan fingerprint density at radius 3 is 3.11 bits per heavy atom. The van der Waals surface area contributed by atoms with E-state index in [1.165, 1.54) is 11.3 Å². The Balaban J connectivity index is 2.77. The van der Waals surface area contributed by atoms with Crippen LogP contribution in [0.15, 0.2) is 10.9 Å². The van der Waals surface area contributed by atoms with E-state index in [1.807, 2.05) is 0 Å². The zero-order valence-corrected chi connectivity index (χ0v) is 5.35. The van der Waals surface area contributed by atoms with E-state index >= 15 is 0 Å². The van der Waals surface area contributed by atoms with E-state index in [1.54, 1.807) is 10.9 Å². The lowest BCUT2D eigenvalue weighted by molar-refractivity contribution is 0.0648. The summed E-state index contributed by atoms with van der Waals surface area (Å²) in [5.41, 5.74) is 1.88. The van der Waals surface area contributed by atoms with Gasteiger partial charge in [0.1, 0.15) is 7.11 Å². The number of hydrogen-bond donors (Lipinski definition) is 0. The molecule has 0 aromatic carbocycles. The minimum absolute atomic E-state index is 0.315. The van der Waals surface area contributed by atoms with Gasteiger partial charge < -0.3 is 4.74 Å². The first kappa shape index (κ1) is 6.22. The number of aromatic nitrogens is 1. The average molecular weight is 142 g/mol. The maximum Gasteiger partial charge on any atom is 0.357 e. The molecule has 1 radical (unpaired) electrons. The molecule has 1 aromatic heterocycles. The van der Waals surface area contributed by atoms with Crippen molar-refractivity contribution in [3.63, 3.8) is 0 Å². The normalized spacial score (nSPS) is 9.00. The third-order valence-electron chi connectivity index (χ3n) is 0.773. The molecule has 0 aliphatic rings. The molecule has 0 bridgehead atoms. The summed E-state index contributed by atoms with van der Waals surface area (Å²) in [7, 11) is 2.96. The molecule has 1 aromatic rings. The minimum Gasteiger partial charge on any atom is -0.457 e. The van der Waals surface area contributed by atoms with Crippen molar-refractivity contribution < 1.29 is 9.53 Å². The minimum atomic E-state index is -0.490. The summed E-state index contributed by atoms with van der Waals surface area (Å²) in [6.45, 7) is 0. The summed E-state index contributed by atoms with van der Waals surface area (Å²) in [5, 5.41) is 1.60. The van der Waals surface area contributed by atoms with E-state index in [2.05, 4.69) is 16.8 Å². The Bertz CT molecular complexity index is 195. The van der Waals surface area contributed by atoms with E-state index in [9.17, 15) is 4.79 Å². The molecule has 0 spiro atoms. The Kier molecular flexibility index (Phi) is 1.79. The Hall–Kier alpha value is -0.900. The van der Waals surface area contributed by atoms with Gasteiger partial charge in [-0.2, -0.15) is 0 Å². The van der Waals surface area contributed by atoms with Crippen LogP contribution >= 0.6 is 11.3 Å². The van der Waals surface area contributed by atoms with Gasteiger partial charge in [0.05, 0.1) is 5.51 Å². The van der Waals surface area contributed by atoms with E-state index in [0.29, 0.717) is 5.69 Å². The second kappa shape index (κ2) is 2.59. The average Bonchev–Trinajstić information content (AvgIpc) is 2.37. The number of carbonyl (C=O) groups excluding carboxylic acids is 1. The lowest BCUT2D eigenvalue weighted by Crippen LogP contribution is -1.98. The summed E-state index contributed by atoms with van der Waals surface area (Å²) in [6, 6.07) is 0. The summed E-state index contributed by atoms with van der Waals surface area (Å²) in [6.07, 6.45) is 0. The van der Waals surface area contributed by atoms with Crippen LogP contribution in [0.1, 0.15) is 10.5 Å². The predicted molar refractivity (Wildman–Crippen MR) is 32.9 cm³/mol. The van der Waals surface area contributed by atoms with Crippen LogP contribution in [0, 0.1) is 7.11 Å². The van der Waals surface area contributed by atoms with Gasteiger partial charge in [0.2, 0.25) is 0 Å². The fourth-order valence-corrected chi connectivity index (χ4v) is 0.909. The van der Waals surface area contributed by atoms with Crippen molar-refractivity contribution in [2.24, 2.45) is 0 Å². The van der Waals surface area contributed by atoms with Crippen LogP contribution in [-0.4, -0.2) is 11.0 Å². The topological polar surface area (TPSA) is 39.2 Å². The van der Waals surface area contributed by atoms with Gasteiger partial charge in [0.15, 0.2) is 5.69 Å². The van der Waals surface area contributed by atoms with Gasteiger partial charge in [0.25, 0.3) is 0 Å². The van der Waals surface area contributed by atoms with Gasteiger partial charge in [-0.05, 0) is 0 Å². The van der Waals surface area contributed by atoms with Crippen LogP contribution < -0.4 is 0 Å². The second-order valence-corrected chi connectivity index (χ2v) is 2.02. The standard InChI is InChI=1S/C5H4NO2S/c1-8-5(7)4-2-9-3-6-4/h2-3H,1H2. The van der Waals surface area contributed by atoms with E-state index < -0.39 is 5.97 Å². The number of esters is 1. The van der Waals surface area contributed by atoms with Crippen molar-refractivity contribution in [1.82, 2.24) is 4.98 Å². The molecule has 0 aliphatic carbocycles. The van der Waals surface area contributed by atoms with Crippen LogP contribution in [0.4, 0.5) is 0 Å². The van der Waals surface area contributed by atoms with Gasteiger partial charge >= 0.3 is 5.97 Å². The Labute approximate surface area is 56.3 Å². The fourth-order valence-electron chi connectivity index (χ4n) is 0.387. The Morgan fingerprint density at radius 2 is 2.67 bits per heavy atom. The van der Waals surface area contributed by atoms with Gasteiger partial charge in [-0.1, -0.05) is 0 Å². The number of nitrogens with zero attached hydrogens (tertiary/aromatic N) is 1. The third kappa shape index (κ3) is 1.26. The van der Waals surface area contributed by atoms with Gasteiger partial charge in [0, 0.05) is 5.38 Å². The predicted octanol–water partition coefficient (Wildman–Crippen LogP) is 1.09. The van der Waals surface area contributed by atoms with Crippen molar-refractivity contribution in [3.05, 3.63) is 23.7 Å². The highest BCUT2D eigenvalue weighted by Crippen LogP contribution is 2.01. The van der Waals surface area contributed by atoms with Crippen molar-refractivity contribution in [2.45, 2.75) is 0 Å². The van der Waals surface area contributed by atoms with Crippen LogP contribution in [0.25, 0.3) is 0 Å². The van der Waals surface area contributed by atoms with Crippen LogP contribution in [0.3, 0.4) is 0 Å². The first-order valence-corrected chi connectivity index (χ1v) is 3.13. The molecule has 0 fully saturated rings. The number of rotatable bonds is 1. The van der Waals surface area contributed by atoms with E-state index in [0.717, 1.165) is 0 Å². The molecule has 1 rings (SSSR count). The molecule has 0 aliphatic heterocycles. The second-order valence-electron chi connectivity index (χ2n) is 1.31. The molecule has 0 amide bonds. The smallest absolute Gasteiger partial charge is 0.357 e. The van der Waals surface area contributed by atoms with Crippen molar-refractivity contribution in [3.8, 4) is 0 Å². The lowest BCUT2D eigenvalue weighted by atomic mass is 10.5. The number of thiazole rings is 1. The van der Waals surface area contributed by atoms with Gasteiger partial charge in [-0.3, -0.25) is 0 Å². The number of hydrogen-bond acceptors (Lipinski definition) is 4. The lowest BCUT2D eigenvalue weighted by Gasteiger charge is -1.88. The number of carbonyl (C=O) groups is 1. The molecule has 9 heavy (non-hydrogen) atoms. The summed E-state index contributed by atoms with van der Waals surface area (Å²) < 4.78 is 4.15. The molecule has 0 saturated heterocycles. The highest BCUT2D eigenvalue weighted by Gasteiger charge is 2.04. The first-order valence-electron chi connectivity index (χ1n) is 2.19. The SMILES string of the molecule is [CH2]OC(=O)c1cscn1. The Morgan fingerprint density at radius 1 is 1.89 bits per heavy atom. The monoisotopic (exact) mass is 142 g/mol. The van der Waals surface area contributed by atoms with E-state index in [4.69, 9.17) is 0 Å². The molecule has 0 saturated carbocycles. The first-order chi connectivity index (χ1) is 4.34. The van der Waals surface area contributed by atoms with Crippen molar-refractivity contribution >= 4 is 17.3 Å². The highest BCUT2D eigenvalue weighted by molar-refractivity contribution is 7.07. The van der Waals surface area contributed by atoms with Crippen molar-refractivity contribution in [1.29, 1.82) is 0 Å².